The van der Waals surface area contributed by atoms with Crippen molar-refractivity contribution >= 4 is 11.8 Å². The maximum atomic E-state index is 12.3. The molecule has 2 amide bonds. The van der Waals surface area contributed by atoms with Crippen LogP contribution in [-0.2, 0) is 4.79 Å². The third-order valence-corrected chi connectivity index (χ3v) is 5.30. The summed E-state index contributed by atoms with van der Waals surface area (Å²) in [5, 5.41) is 14.1. The van der Waals surface area contributed by atoms with Crippen molar-refractivity contribution in [2.24, 2.45) is 17.8 Å². The Morgan fingerprint density at radius 2 is 1.92 bits per heavy atom. The zero-order valence-electron chi connectivity index (χ0n) is 13.7. The summed E-state index contributed by atoms with van der Waals surface area (Å²) < 4.78 is 1.42. The molecule has 3 N–H and O–H groups in total. The fraction of sp³-hybridized carbons (Fsp3) is 0.389. The molecule has 3 atom stereocenters. The van der Waals surface area contributed by atoms with Crippen LogP contribution in [-0.4, -0.2) is 26.7 Å². The number of hydrogen-bond acceptors (Lipinski definition) is 4. The Kier molecular flexibility index (Phi) is 3.91. The Hall–Kier alpha value is -2.83. The summed E-state index contributed by atoms with van der Waals surface area (Å²) in [4.78, 5) is 24.5. The van der Waals surface area contributed by atoms with Crippen molar-refractivity contribution < 1.29 is 14.7 Å². The van der Waals surface area contributed by atoms with E-state index in [2.05, 4.69) is 16.0 Å². The molecule has 4 rings (SSSR count). The van der Waals surface area contributed by atoms with Gasteiger partial charge in [0.1, 0.15) is 0 Å². The number of nitrogens with zero attached hydrogens (tertiary/aromatic N) is 2. The van der Waals surface area contributed by atoms with E-state index in [1.807, 2.05) is 30.3 Å². The summed E-state index contributed by atoms with van der Waals surface area (Å²) in [5.74, 6) is 0.0472. The van der Waals surface area contributed by atoms with Gasteiger partial charge in [-0.05, 0) is 43.2 Å². The van der Waals surface area contributed by atoms with Crippen LogP contribution in [0.1, 0.15) is 36.2 Å². The fourth-order valence-electron chi connectivity index (χ4n) is 4.08. The number of amides is 2. The van der Waals surface area contributed by atoms with Crippen molar-refractivity contribution in [3.8, 4) is 11.4 Å². The van der Waals surface area contributed by atoms with E-state index in [0.29, 0.717) is 11.8 Å². The van der Waals surface area contributed by atoms with E-state index < -0.39 is 5.91 Å². The van der Waals surface area contributed by atoms with Crippen molar-refractivity contribution in [2.45, 2.75) is 25.7 Å². The molecular weight excluding hydrogens is 320 g/mol. The van der Waals surface area contributed by atoms with E-state index >= 15 is 0 Å². The van der Waals surface area contributed by atoms with Gasteiger partial charge in [-0.25, -0.2) is 4.68 Å². The average Bonchev–Trinajstić information content (AvgIpc) is 3.35. The van der Waals surface area contributed by atoms with Gasteiger partial charge in [0.25, 0.3) is 5.91 Å². The summed E-state index contributed by atoms with van der Waals surface area (Å²) >= 11 is 0. The lowest BCUT2D eigenvalue weighted by Crippen LogP contribution is -2.45. The van der Waals surface area contributed by atoms with E-state index in [1.165, 1.54) is 17.3 Å². The van der Waals surface area contributed by atoms with Crippen molar-refractivity contribution in [1.82, 2.24) is 20.6 Å². The Morgan fingerprint density at radius 1 is 1.12 bits per heavy atom. The van der Waals surface area contributed by atoms with Crippen molar-refractivity contribution in [2.75, 3.05) is 0 Å². The van der Waals surface area contributed by atoms with Crippen LogP contribution < -0.4 is 10.9 Å². The van der Waals surface area contributed by atoms with Crippen molar-refractivity contribution in [3.05, 3.63) is 42.2 Å². The minimum absolute atomic E-state index is 0.0190. The molecule has 0 saturated heterocycles. The van der Waals surface area contributed by atoms with Gasteiger partial charge in [-0.1, -0.05) is 24.6 Å². The summed E-state index contributed by atoms with van der Waals surface area (Å²) in [6, 6.07) is 9.16. The second-order valence-corrected chi connectivity index (χ2v) is 6.87. The largest absolute Gasteiger partial charge is 0.504 e. The minimum Gasteiger partial charge on any atom is -0.504 e. The van der Waals surface area contributed by atoms with Crippen LogP contribution in [0.25, 0.3) is 5.69 Å². The zero-order chi connectivity index (χ0) is 17.4. The number of hydrogen-bond donors (Lipinski definition) is 3. The van der Waals surface area contributed by atoms with Gasteiger partial charge in [-0.2, -0.15) is 5.10 Å². The second-order valence-electron chi connectivity index (χ2n) is 6.87. The van der Waals surface area contributed by atoms with E-state index in [-0.39, 0.29) is 23.3 Å². The van der Waals surface area contributed by atoms with Crippen molar-refractivity contribution in [1.29, 1.82) is 0 Å². The van der Waals surface area contributed by atoms with Gasteiger partial charge in [-0.15, -0.1) is 0 Å². The fourth-order valence-corrected chi connectivity index (χ4v) is 4.08. The summed E-state index contributed by atoms with van der Waals surface area (Å²) in [7, 11) is 0. The van der Waals surface area contributed by atoms with E-state index in [0.717, 1.165) is 24.9 Å². The molecular formula is C18H20N4O3. The zero-order valence-corrected chi connectivity index (χ0v) is 13.7. The smallest absolute Gasteiger partial charge is 0.294 e. The van der Waals surface area contributed by atoms with Gasteiger partial charge in [0, 0.05) is 5.92 Å². The van der Waals surface area contributed by atoms with Crippen LogP contribution in [0, 0.1) is 17.8 Å². The molecule has 1 heterocycles. The first-order chi connectivity index (χ1) is 12.1. The molecule has 2 fully saturated rings. The summed E-state index contributed by atoms with van der Waals surface area (Å²) in [6.07, 6.45) is 5.70. The molecule has 2 aromatic rings. The number of para-hydroxylation sites is 1. The predicted molar refractivity (Wildman–Crippen MR) is 89.8 cm³/mol. The monoisotopic (exact) mass is 340 g/mol. The van der Waals surface area contributed by atoms with E-state index in [4.69, 9.17) is 0 Å². The SMILES string of the molecule is O=C(NNC(=O)C1CC2CCC1C2)c1nn(-c2ccccc2)cc1O. The van der Waals surface area contributed by atoms with Gasteiger partial charge in [0.05, 0.1) is 11.9 Å². The Balaban J connectivity index is 1.40. The first kappa shape index (κ1) is 15.7. The third kappa shape index (κ3) is 2.97. The van der Waals surface area contributed by atoms with E-state index in [1.54, 1.807) is 0 Å². The molecule has 0 radical (unpaired) electrons. The van der Waals surface area contributed by atoms with Gasteiger partial charge < -0.3 is 5.11 Å². The van der Waals surface area contributed by atoms with Gasteiger partial charge in [-0.3, -0.25) is 20.4 Å². The van der Waals surface area contributed by atoms with Crippen LogP contribution in [0.3, 0.4) is 0 Å². The highest BCUT2D eigenvalue weighted by molar-refractivity contribution is 5.96. The number of hydrazine groups is 1. The quantitative estimate of drug-likeness (QED) is 0.742. The third-order valence-electron chi connectivity index (χ3n) is 5.30. The van der Waals surface area contributed by atoms with Crippen LogP contribution in [0.15, 0.2) is 36.5 Å². The highest BCUT2D eigenvalue weighted by Crippen LogP contribution is 2.48. The molecule has 1 aromatic carbocycles. The number of carbonyl (C=O) groups excluding carboxylic acids is 2. The molecule has 2 saturated carbocycles. The van der Waals surface area contributed by atoms with Crippen LogP contribution >= 0.6 is 0 Å². The molecule has 3 unspecified atom stereocenters. The molecule has 7 heteroatoms. The topological polar surface area (TPSA) is 96.3 Å². The maximum absolute atomic E-state index is 12.3. The molecule has 0 spiro atoms. The lowest BCUT2D eigenvalue weighted by Gasteiger charge is -2.20. The minimum atomic E-state index is -0.635. The van der Waals surface area contributed by atoms with Gasteiger partial charge in [0.15, 0.2) is 11.4 Å². The number of aromatic hydroxyl groups is 1. The number of nitrogens with one attached hydrogen (secondary N) is 2. The number of fused-ring (bicyclic) bond motifs is 2. The highest BCUT2D eigenvalue weighted by atomic mass is 16.3. The molecule has 2 bridgehead atoms. The predicted octanol–water partition coefficient (Wildman–Crippen LogP) is 1.78. The molecule has 7 nitrogen and oxygen atoms in total. The number of carbonyl (C=O) groups is 2. The van der Waals surface area contributed by atoms with Gasteiger partial charge in [0.2, 0.25) is 5.91 Å². The molecule has 1 aromatic heterocycles. The lowest BCUT2D eigenvalue weighted by molar-refractivity contribution is -0.127. The first-order valence-corrected chi connectivity index (χ1v) is 8.56. The average molecular weight is 340 g/mol. The Bertz CT molecular complexity index is 802. The van der Waals surface area contributed by atoms with E-state index in [9.17, 15) is 14.7 Å². The second kappa shape index (κ2) is 6.23. The maximum Gasteiger partial charge on any atom is 0.294 e. The Morgan fingerprint density at radius 3 is 2.60 bits per heavy atom. The van der Waals surface area contributed by atoms with Crippen LogP contribution in [0.5, 0.6) is 5.75 Å². The molecule has 0 aliphatic heterocycles. The van der Waals surface area contributed by atoms with Crippen LogP contribution in [0.4, 0.5) is 0 Å². The molecule has 130 valence electrons. The normalized spacial score (nSPS) is 24.2. The molecule has 2 aliphatic carbocycles. The lowest BCUT2D eigenvalue weighted by atomic mass is 9.88. The summed E-state index contributed by atoms with van der Waals surface area (Å²) in [5.41, 5.74) is 5.45. The number of aromatic nitrogens is 2. The standard InChI is InChI=1S/C18H20N4O3/c23-15-10-22(13-4-2-1-3-5-13)21-16(15)18(25)20-19-17(24)14-9-11-6-7-12(14)8-11/h1-5,10-12,14,23H,6-9H2,(H,19,24)(H,20,25). The summed E-state index contributed by atoms with van der Waals surface area (Å²) in [6.45, 7) is 0. The molecule has 25 heavy (non-hydrogen) atoms. The van der Waals surface area contributed by atoms with Crippen LogP contribution in [0.2, 0.25) is 0 Å². The van der Waals surface area contributed by atoms with Gasteiger partial charge >= 0.3 is 0 Å². The first-order valence-electron chi connectivity index (χ1n) is 8.56. The molecule has 2 aliphatic rings. The van der Waals surface area contributed by atoms with Crippen molar-refractivity contribution in [3.63, 3.8) is 0 Å². The highest BCUT2D eigenvalue weighted by Gasteiger charge is 2.43. The number of benzene rings is 1. The Labute approximate surface area is 145 Å². The number of rotatable bonds is 3.